The fourth-order valence-corrected chi connectivity index (χ4v) is 5.30. The van der Waals surface area contributed by atoms with E-state index in [1.54, 1.807) is 4.90 Å². The summed E-state index contributed by atoms with van der Waals surface area (Å²) in [6.07, 6.45) is 5.31. The molecule has 1 aromatic rings. The lowest BCUT2D eigenvalue weighted by Crippen LogP contribution is -2.57. The molecule has 4 rings (SSSR count). The summed E-state index contributed by atoms with van der Waals surface area (Å²) >= 11 is 0. The van der Waals surface area contributed by atoms with Crippen LogP contribution < -0.4 is 5.32 Å². The van der Waals surface area contributed by atoms with Crippen LogP contribution in [-0.2, 0) is 36.9 Å². The number of fused-ring (bicyclic) bond motifs is 3. The van der Waals surface area contributed by atoms with Gasteiger partial charge in [0.05, 0.1) is 26.8 Å². The lowest BCUT2D eigenvalue weighted by molar-refractivity contribution is -0.152. The van der Waals surface area contributed by atoms with Crippen LogP contribution in [0.15, 0.2) is 24.3 Å². The Balaban J connectivity index is 1.61. The number of alkyl carbamates (subject to hydrolysis) is 1. The number of amides is 3. The first-order chi connectivity index (χ1) is 18.6. The molecule has 1 aromatic carbocycles. The summed E-state index contributed by atoms with van der Waals surface area (Å²) in [7, 11) is 1.26. The Bertz CT molecular complexity index is 1130. The number of hydrogen-bond acceptors (Lipinski definition) is 7. The molecule has 0 spiro atoms. The predicted molar refractivity (Wildman–Crippen MR) is 143 cm³/mol. The van der Waals surface area contributed by atoms with Gasteiger partial charge in [0, 0.05) is 13.0 Å². The molecular weight excluding hydrogens is 502 g/mol. The average molecular weight is 542 g/mol. The van der Waals surface area contributed by atoms with E-state index >= 15 is 0 Å². The van der Waals surface area contributed by atoms with Crippen LogP contribution in [0.5, 0.6) is 0 Å². The Morgan fingerprint density at radius 1 is 1.18 bits per heavy atom. The Hall–Kier alpha value is -3.56. The van der Waals surface area contributed by atoms with Crippen molar-refractivity contribution in [3.8, 4) is 0 Å². The van der Waals surface area contributed by atoms with Crippen molar-refractivity contribution in [3.63, 3.8) is 0 Å². The van der Waals surface area contributed by atoms with Crippen LogP contribution in [0, 0.1) is 5.41 Å². The van der Waals surface area contributed by atoms with E-state index in [2.05, 4.69) is 17.5 Å². The maximum absolute atomic E-state index is 13.9. The topological polar surface area (TPSA) is 114 Å². The summed E-state index contributed by atoms with van der Waals surface area (Å²) in [5.41, 5.74) is 2.58. The third kappa shape index (κ3) is 6.37. The molecule has 1 N–H and O–H groups in total. The number of hydrogen-bond donors (Lipinski definition) is 1. The van der Waals surface area contributed by atoms with E-state index in [0.29, 0.717) is 25.9 Å². The second-order valence-electron chi connectivity index (χ2n) is 11.1. The molecule has 0 aromatic heterocycles. The number of methoxy groups -OCH3 is 1. The van der Waals surface area contributed by atoms with Crippen molar-refractivity contribution in [2.75, 3.05) is 20.3 Å². The fourth-order valence-electron chi connectivity index (χ4n) is 5.30. The maximum Gasteiger partial charge on any atom is 0.410 e. The zero-order chi connectivity index (χ0) is 28.2. The molecule has 10 heteroatoms. The Kier molecular flexibility index (Phi) is 8.82. The van der Waals surface area contributed by atoms with Gasteiger partial charge in [-0.05, 0) is 47.8 Å². The van der Waals surface area contributed by atoms with Gasteiger partial charge < -0.3 is 24.4 Å². The number of nitrogens with zero attached hydrogens (tertiary/aromatic N) is 2. The Morgan fingerprint density at radius 2 is 1.97 bits per heavy atom. The van der Waals surface area contributed by atoms with E-state index < -0.39 is 47.7 Å². The summed E-state index contributed by atoms with van der Waals surface area (Å²) in [4.78, 5) is 55.4. The fraction of sp³-hybridized carbons (Fsp3) is 0.586. The van der Waals surface area contributed by atoms with E-state index in [-0.39, 0.29) is 19.6 Å². The lowest BCUT2D eigenvalue weighted by atomic mass is 9.81. The van der Waals surface area contributed by atoms with E-state index in [1.807, 2.05) is 39.0 Å². The van der Waals surface area contributed by atoms with Gasteiger partial charge in [-0.3, -0.25) is 9.69 Å². The highest BCUT2D eigenvalue weighted by atomic mass is 16.6. The number of esters is 1. The van der Waals surface area contributed by atoms with Crippen LogP contribution >= 0.6 is 0 Å². The van der Waals surface area contributed by atoms with Crippen molar-refractivity contribution in [1.82, 2.24) is 15.1 Å². The molecule has 4 bridgehead atoms. The van der Waals surface area contributed by atoms with E-state index in [0.717, 1.165) is 29.5 Å². The molecule has 3 aliphatic heterocycles. The standard InChI is InChI=1S/C29H39N3O7/c1-5-29(2,3)24-25(33)32-17-21(15-23(32)26(34)37-4)39-28(36)31-16-20-13-10-12-19(22(20)18-31)11-8-6-7-9-14-38-27(35)30-24/h8,10-13,21,23-24H,5-7,9,14-18H2,1-4H3,(H,30,35)/b11-8+/t21-,23+,24-/m1/s1. The van der Waals surface area contributed by atoms with Gasteiger partial charge in [0.25, 0.3) is 0 Å². The van der Waals surface area contributed by atoms with Crippen LogP contribution in [0.2, 0.25) is 0 Å². The smallest absolute Gasteiger partial charge is 0.410 e. The number of rotatable bonds is 3. The number of carbonyl (C=O) groups is 4. The van der Waals surface area contributed by atoms with Crippen LogP contribution in [-0.4, -0.2) is 72.3 Å². The van der Waals surface area contributed by atoms with Crippen molar-refractivity contribution in [2.24, 2.45) is 5.41 Å². The first-order valence-corrected chi connectivity index (χ1v) is 13.7. The molecule has 0 unspecified atom stereocenters. The molecule has 39 heavy (non-hydrogen) atoms. The molecule has 3 aliphatic rings. The molecule has 212 valence electrons. The SMILES string of the molecule is CCC(C)(C)[C@@H]1NC(=O)OCCCC/C=C/c2cccc3c2CN(C3)C(=O)O[C@@H]2C[C@@H](C(=O)OC)N(C2)C1=O. The molecule has 1 saturated heterocycles. The van der Waals surface area contributed by atoms with Gasteiger partial charge in [-0.2, -0.15) is 0 Å². The number of carbonyl (C=O) groups excluding carboxylic acids is 4. The van der Waals surface area contributed by atoms with Gasteiger partial charge in [0.15, 0.2) is 0 Å². The van der Waals surface area contributed by atoms with E-state index in [4.69, 9.17) is 14.2 Å². The molecule has 0 aliphatic carbocycles. The largest absolute Gasteiger partial charge is 0.467 e. The third-order valence-electron chi connectivity index (χ3n) is 8.06. The monoisotopic (exact) mass is 541 g/mol. The van der Waals surface area contributed by atoms with Crippen LogP contribution in [0.25, 0.3) is 6.08 Å². The molecule has 0 saturated carbocycles. The number of benzene rings is 1. The van der Waals surface area contributed by atoms with Gasteiger partial charge in [0.2, 0.25) is 5.91 Å². The summed E-state index contributed by atoms with van der Waals surface area (Å²) in [6, 6.07) is 4.13. The Morgan fingerprint density at radius 3 is 2.72 bits per heavy atom. The van der Waals surface area contributed by atoms with Gasteiger partial charge >= 0.3 is 18.2 Å². The predicted octanol–water partition coefficient (Wildman–Crippen LogP) is 4.01. The van der Waals surface area contributed by atoms with Crippen molar-refractivity contribution in [3.05, 3.63) is 41.0 Å². The molecule has 10 nitrogen and oxygen atoms in total. The highest BCUT2D eigenvalue weighted by Crippen LogP contribution is 2.32. The van der Waals surface area contributed by atoms with Crippen molar-refractivity contribution >= 4 is 30.1 Å². The lowest BCUT2D eigenvalue weighted by Gasteiger charge is -2.36. The maximum atomic E-state index is 13.9. The summed E-state index contributed by atoms with van der Waals surface area (Å²) in [5.74, 6) is -1.04. The van der Waals surface area contributed by atoms with E-state index in [1.165, 1.54) is 12.0 Å². The van der Waals surface area contributed by atoms with Crippen molar-refractivity contribution in [1.29, 1.82) is 0 Å². The van der Waals surface area contributed by atoms with Gasteiger partial charge in [-0.1, -0.05) is 51.1 Å². The molecule has 3 heterocycles. The quantitative estimate of drug-likeness (QED) is 0.454. The number of cyclic esters (lactones) is 1. The summed E-state index contributed by atoms with van der Waals surface area (Å²) in [6.45, 7) is 6.79. The first-order valence-electron chi connectivity index (χ1n) is 13.7. The highest BCUT2D eigenvalue weighted by molar-refractivity contribution is 5.91. The number of allylic oxidation sites excluding steroid dienone is 1. The minimum atomic E-state index is -0.948. The van der Waals surface area contributed by atoms with Gasteiger partial charge in [-0.15, -0.1) is 0 Å². The summed E-state index contributed by atoms with van der Waals surface area (Å²) in [5, 5.41) is 2.74. The summed E-state index contributed by atoms with van der Waals surface area (Å²) < 4.78 is 16.2. The average Bonchev–Trinajstić information content (AvgIpc) is 3.55. The van der Waals surface area contributed by atoms with Crippen molar-refractivity contribution in [2.45, 2.75) is 84.2 Å². The van der Waals surface area contributed by atoms with Gasteiger partial charge in [-0.25, -0.2) is 14.4 Å². The molecule has 3 atom stereocenters. The molecule has 3 amide bonds. The van der Waals surface area contributed by atoms with Crippen molar-refractivity contribution < 1.29 is 33.4 Å². The minimum absolute atomic E-state index is 0.0200. The molecule has 1 fully saturated rings. The van der Waals surface area contributed by atoms with Crippen LogP contribution in [0.4, 0.5) is 9.59 Å². The van der Waals surface area contributed by atoms with Crippen LogP contribution in [0.3, 0.4) is 0 Å². The zero-order valence-corrected chi connectivity index (χ0v) is 23.2. The van der Waals surface area contributed by atoms with Gasteiger partial charge in [0.1, 0.15) is 18.2 Å². The first kappa shape index (κ1) is 28.4. The Labute approximate surface area is 229 Å². The molecular formula is C29H39N3O7. The second kappa shape index (κ2) is 12.1. The normalized spacial score (nSPS) is 25.4. The minimum Gasteiger partial charge on any atom is -0.467 e. The zero-order valence-electron chi connectivity index (χ0n) is 23.2. The molecule has 0 radical (unpaired) electrons. The van der Waals surface area contributed by atoms with Crippen LogP contribution in [0.1, 0.15) is 69.6 Å². The third-order valence-corrected chi connectivity index (χ3v) is 8.06. The second-order valence-corrected chi connectivity index (χ2v) is 11.1. The number of ether oxygens (including phenoxy) is 3. The van der Waals surface area contributed by atoms with E-state index in [9.17, 15) is 19.2 Å². The number of nitrogens with one attached hydrogen (secondary N) is 1. The highest BCUT2D eigenvalue weighted by Gasteiger charge is 2.47.